The lowest BCUT2D eigenvalue weighted by atomic mass is 10.00. The van der Waals surface area contributed by atoms with Crippen molar-refractivity contribution in [1.29, 1.82) is 0 Å². The zero-order chi connectivity index (χ0) is 23.4. The summed E-state index contributed by atoms with van der Waals surface area (Å²) in [5.41, 5.74) is 0.834. The second kappa shape index (κ2) is 13.4. The van der Waals surface area contributed by atoms with E-state index in [0.717, 1.165) is 5.56 Å². The molecule has 0 aliphatic heterocycles. The van der Waals surface area contributed by atoms with Crippen molar-refractivity contribution in [2.24, 2.45) is 11.8 Å². The van der Waals surface area contributed by atoms with Crippen LogP contribution in [-0.2, 0) is 25.7 Å². The quantitative estimate of drug-likeness (QED) is 0.439. The molecule has 0 aliphatic rings. The second-order valence-electron chi connectivity index (χ2n) is 8.51. The lowest BCUT2D eigenvalue weighted by Gasteiger charge is -2.25. The van der Waals surface area contributed by atoms with Crippen molar-refractivity contribution in [1.82, 2.24) is 16.0 Å². The highest BCUT2D eigenvalue weighted by Gasteiger charge is 2.28. The number of hydrogen-bond donors (Lipinski definition) is 3. The Morgan fingerprint density at radius 3 is 1.87 bits per heavy atom. The topological polar surface area (TPSA) is 114 Å². The summed E-state index contributed by atoms with van der Waals surface area (Å²) in [6.07, 6.45) is 0.699. The maximum atomic E-state index is 12.9. The summed E-state index contributed by atoms with van der Waals surface area (Å²) >= 11 is 0. The van der Waals surface area contributed by atoms with E-state index in [0.29, 0.717) is 19.1 Å². The van der Waals surface area contributed by atoms with Gasteiger partial charge < -0.3 is 25.5 Å². The number of carbonyl (C=O) groups excluding carboxylic acids is 4. The maximum Gasteiger partial charge on any atom is 0.408 e. The first-order chi connectivity index (χ1) is 14.6. The molecule has 0 aromatic heterocycles. The van der Waals surface area contributed by atoms with Crippen molar-refractivity contribution in [3.05, 3.63) is 35.9 Å². The predicted molar refractivity (Wildman–Crippen MR) is 118 cm³/mol. The summed E-state index contributed by atoms with van der Waals surface area (Å²) in [5, 5.41) is 7.90. The lowest BCUT2D eigenvalue weighted by Crippen LogP contribution is -2.55. The van der Waals surface area contributed by atoms with E-state index in [9.17, 15) is 19.2 Å². The number of amides is 3. The van der Waals surface area contributed by atoms with E-state index in [4.69, 9.17) is 4.74 Å². The minimum atomic E-state index is -0.853. The number of benzene rings is 1. The van der Waals surface area contributed by atoms with E-state index < -0.39 is 36.0 Å². The molecule has 0 radical (unpaired) electrons. The molecule has 0 heterocycles. The first-order valence-corrected chi connectivity index (χ1v) is 10.7. The molecule has 0 fully saturated rings. The molecule has 172 valence electrons. The van der Waals surface area contributed by atoms with Crippen LogP contribution in [0.5, 0.6) is 0 Å². The van der Waals surface area contributed by atoms with Crippen LogP contribution in [0.15, 0.2) is 30.3 Å². The van der Waals surface area contributed by atoms with Gasteiger partial charge in [0.2, 0.25) is 11.8 Å². The molecule has 8 heteroatoms. The second-order valence-corrected chi connectivity index (χ2v) is 8.51. The van der Waals surface area contributed by atoms with Crippen LogP contribution < -0.4 is 16.0 Å². The minimum Gasteiger partial charge on any atom is -0.445 e. The largest absolute Gasteiger partial charge is 0.445 e. The van der Waals surface area contributed by atoms with E-state index >= 15 is 0 Å². The molecule has 0 saturated heterocycles. The van der Waals surface area contributed by atoms with Crippen LogP contribution >= 0.6 is 0 Å². The van der Waals surface area contributed by atoms with Crippen LogP contribution in [0.3, 0.4) is 0 Å². The Labute approximate surface area is 184 Å². The third-order valence-electron chi connectivity index (χ3n) is 4.44. The van der Waals surface area contributed by atoms with E-state index in [1.54, 1.807) is 6.92 Å². The van der Waals surface area contributed by atoms with Crippen molar-refractivity contribution in [2.45, 2.75) is 72.2 Å². The first-order valence-electron chi connectivity index (χ1n) is 10.7. The van der Waals surface area contributed by atoms with Gasteiger partial charge in [0.1, 0.15) is 25.0 Å². The van der Waals surface area contributed by atoms with Crippen LogP contribution in [0.2, 0.25) is 0 Å². The van der Waals surface area contributed by atoms with Crippen molar-refractivity contribution < 1.29 is 23.9 Å². The van der Waals surface area contributed by atoms with Crippen LogP contribution in [0.4, 0.5) is 4.79 Å². The maximum absolute atomic E-state index is 12.9. The predicted octanol–water partition coefficient (Wildman–Crippen LogP) is 2.56. The molecule has 1 rings (SSSR count). The summed E-state index contributed by atoms with van der Waals surface area (Å²) in [6.45, 7) is 9.37. The molecule has 3 N–H and O–H groups in total. The van der Waals surface area contributed by atoms with Crippen LogP contribution in [0, 0.1) is 11.8 Å². The highest BCUT2D eigenvalue weighted by molar-refractivity contribution is 5.92. The molecule has 8 nitrogen and oxygen atoms in total. The fourth-order valence-corrected chi connectivity index (χ4v) is 2.94. The monoisotopic (exact) mass is 433 g/mol. The fraction of sp³-hybridized carbons (Fsp3) is 0.565. The normalized spacial score (nSPS) is 13.8. The third-order valence-corrected chi connectivity index (χ3v) is 4.44. The molecule has 0 aliphatic carbocycles. The van der Waals surface area contributed by atoms with Gasteiger partial charge in [-0.15, -0.1) is 0 Å². The van der Waals surface area contributed by atoms with Crippen molar-refractivity contribution in [3.63, 3.8) is 0 Å². The Kier molecular flexibility index (Phi) is 11.3. The Morgan fingerprint density at radius 2 is 1.35 bits per heavy atom. The zero-order valence-corrected chi connectivity index (χ0v) is 19.0. The number of nitrogens with one attached hydrogen (secondary N) is 3. The summed E-state index contributed by atoms with van der Waals surface area (Å²) in [5.74, 6) is -0.644. The van der Waals surface area contributed by atoms with Gasteiger partial charge in [-0.2, -0.15) is 0 Å². The molecule has 1 aromatic carbocycles. The first kappa shape index (κ1) is 26.1. The Balaban J connectivity index is 2.79. The Bertz CT molecular complexity index is 721. The smallest absolute Gasteiger partial charge is 0.408 e. The van der Waals surface area contributed by atoms with Gasteiger partial charge in [0.25, 0.3) is 0 Å². The molecule has 1 aromatic rings. The van der Waals surface area contributed by atoms with Gasteiger partial charge in [0, 0.05) is 0 Å². The van der Waals surface area contributed by atoms with Gasteiger partial charge >= 0.3 is 6.09 Å². The van der Waals surface area contributed by atoms with E-state index in [-0.39, 0.29) is 18.4 Å². The minimum absolute atomic E-state index is 0.0880. The molecule has 0 bridgehead atoms. The average Bonchev–Trinajstić information content (AvgIpc) is 2.71. The summed E-state index contributed by atoms with van der Waals surface area (Å²) in [4.78, 5) is 48.5. The molecule has 0 saturated carbocycles. The summed E-state index contributed by atoms with van der Waals surface area (Å²) in [6, 6.07) is 6.90. The number of carbonyl (C=O) groups is 4. The van der Waals surface area contributed by atoms with Gasteiger partial charge in [-0.1, -0.05) is 58.0 Å². The van der Waals surface area contributed by atoms with Crippen LogP contribution in [0.25, 0.3) is 0 Å². The highest BCUT2D eigenvalue weighted by atomic mass is 16.5. The molecule has 3 atom stereocenters. The number of ether oxygens (including phenoxy) is 1. The van der Waals surface area contributed by atoms with Crippen LogP contribution in [-0.4, -0.2) is 42.3 Å². The highest BCUT2D eigenvalue weighted by Crippen LogP contribution is 2.10. The standard InChI is InChI=1S/C23H35N3O5/c1-15(2)11-19(21(28)24-17(5)13-27)25-22(29)20(12-16(3)4)26-23(30)31-14-18-9-7-6-8-10-18/h6-10,13,15-17,19-20H,11-12,14H2,1-5H3,(H,24,28)(H,25,29)(H,26,30). The van der Waals surface area contributed by atoms with Crippen molar-refractivity contribution in [3.8, 4) is 0 Å². The fourth-order valence-electron chi connectivity index (χ4n) is 2.94. The number of alkyl carbamates (subject to hydrolysis) is 1. The molecule has 0 spiro atoms. The van der Waals surface area contributed by atoms with E-state index in [1.165, 1.54) is 0 Å². The summed E-state index contributed by atoms with van der Waals surface area (Å²) in [7, 11) is 0. The third kappa shape index (κ3) is 10.6. The zero-order valence-electron chi connectivity index (χ0n) is 19.0. The number of rotatable bonds is 12. The molecular weight excluding hydrogens is 398 g/mol. The SMILES string of the molecule is CC(C)CC(NC(=O)OCc1ccccc1)C(=O)NC(CC(C)C)C(=O)NC(C)C=O. The van der Waals surface area contributed by atoms with E-state index in [1.807, 2.05) is 58.0 Å². The van der Waals surface area contributed by atoms with Gasteiger partial charge in [0.05, 0.1) is 6.04 Å². The van der Waals surface area contributed by atoms with Crippen molar-refractivity contribution in [2.75, 3.05) is 0 Å². The van der Waals surface area contributed by atoms with E-state index in [2.05, 4.69) is 16.0 Å². The van der Waals surface area contributed by atoms with Crippen molar-refractivity contribution >= 4 is 24.2 Å². The van der Waals surface area contributed by atoms with Gasteiger partial charge in [-0.05, 0) is 37.2 Å². The molecule has 3 unspecified atom stereocenters. The van der Waals surface area contributed by atoms with Gasteiger partial charge in [-0.3, -0.25) is 9.59 Å². The van der Waals surface area contributed by atoms with Crippen LogP contribution in [0.1, 0.15) is 53.0 Å². The number of hydrogen-bond acceptors (Lipinski definition) is 5. The lowest BCUT2D eigenvalue weighted by molar-refractivity contribution is -0.131. The Morgan fingerprint density at radius 1 is 0.839 bits per heavy atom. The van der Waals surface area contributed by atoms with Gasteiger partial charge in [0.15, 0.2) is 0 Å². The summed E-state index contributed by atoms with van der Waals surface area (Å²) < 4.78 is 5.23. The molecular formula is C23H35N3O5. The van der Waals surface area contributed by atoms with Gasteiger partial charge in [-0.25, -0.2) is 4.79 Å². The number of aldehydes is 1. The molecule has 31 heavy (non-hydrogen) atoms. The molecule has 3 amide bonds. The Hall–Kier alpha value is -2.90. The average molecular weight is 434 g/mol.